The van der Waals surface area contributed by atoms with E-state index in [-0.39, 0.29) is 6.61 Å². The van der Waals surface area contributed by atoms with Crippen LogP contribution in [0.5, 0.6) is 5.75 Å². The van der Waals surface area contributed by atoms with Crippen LogP contribution in [0.1, 0.15) is 19.4 Å². The summed E-state index contributed by atoms with van der Waals surface area (Å²) in [7, 11) is 0. The van der Waals surface area contributed by atoms with Gasteiger partial charge in [0.1, 0.15) is 11.8 Å². The van der Waals surface area contributed by atoms with Gasteiger partial charge in [0.2, 0.25) is 0 Å². The molecule has 0 aliphatic rings. The van der Waals surface area contributed by atoms with Gasteiger partial charge in [-0.1, -0.05) is 44.2 Å². The fourth-order valence-electron chi connectivity index (χ4n) is 2.23. The van der Waals surface area contributed by atoms with E-state index in [0.29, 0.717) is 5.92 Å². The predicted octanol–water partition coefficient (Wildman–Crippen LogP) is 3.49. The van der Waals surface area contributed by atoms with Crippen LogP contribution in [0.2, 0.25) is 0 Å². The quantitative estimate of drug-likeness (QED) is 0.872. The van der Waals surface area contributed by atoms with E-state index in [1.807, 2.05) is 30.3 Å². The molecule has 0 spiro atoms. The molecule has 0 aliphatic carbocycles. The maximum atomic E-state index is 8.69. The molecule has 0 aromatic heterocycles. The third kappa shape index (κ3) is 3.49. The van der Waals surface area contributed by atoms with Crippen molar-refractivity contribution in [2.75, 3.05) is 13.2 Å². The summed E-state index contributed by atoms with van der Waals surface area (Å²) in [5, 5.41) is 14.5. The van der Waals surface area contributed by atoms with Crippen molar-refractivity contribution in [2.24, 2.45) is 5.92 Å². The standard InChI is InChI=1S/C17H20N2O/c1-13(2)11-19-12-16-15-6-4-3-5-14(15)7-8-17(16)20-10-9-18/h3-8,13,19H,10-12H2,1-2H3. The molecule has 0 radical (unpaired) electrons. The summed E-state index contributed by atoms with van der Waals surface area (Å²) in [5.41, 5.74) is 1.12. The van der Waals surface area contributed by atoms with Gasteiger partial charge in [-0.3, -0.25) is 0 Å². The van der Waals surface area contributed by atoms with Gasteiger partial charge in [0.25, 0.3) is 0 Å². The molecule has 0 heterocycles. The third-order valence-corrected chi connectivity index (χ3v) is 3.14. The maximum absolute atomic E-state index is 8.69. The lowest BCUT2D eigenvalue weighted by Gasteiger charge is -2.14. The zero-order chi connectivity index (χ0) is 14.4. The molecule has 0 atom stereocenters. The van der Waals surface area contributed by atoms with Crippen LogP contribution >= 0.6 is 0 Å². The molecule has 2 rings (SSSR count). The van der Waals surface area contributed by atoms with E-state index < -0.39 is 0 Å². The van der Waals surface area contributed by atoms with Gasteiger partial charge in [-0.15, -0.1) is 0 Å². The lowest BCUT2D eigenvalue weighted by molar-refractivity contribution is 0.363. The Kier molecular flexibility index (Phi) is 4.97. The molecule has 0 bridgehead atoms. The molecule has 0 amide bonds. The Morgan fingerprint density at radius 1 is 1.20 bits per heavy atom. The highest BCUT2D eigenvalue weighted by atomic mass is 16.5. The number of nitrogens with zero attached hydrogens (tertiary/aromatic N) is 1. The minimum atomic E-state index is 0.0789. The van der Waals surface area contributed by atoms with Crippen LogP contribution in [0.4, 0.5) is 0 Å². The van der Waals surface area contributed by atoms with Gasteiger partial charge in [0.05, 0.1) is 0 Å². The third-order valence-electron chi connectivity index (χ3n) is 3.14. The first-order chi connectivity index (χ1) is 9.72. The second-order valence-electron chi connectivity index (χ2n) is 5.23. The summed E-state index contributed by atoms with van der Waals surface area (Å²) < 4.78 is 5.55. The molecule has 1 N–H and O–H groups in total. The molecular formula is C17H20N2O. The van der Waals surface area contributed by atoms with Gasteiger partial charge in [-0.25, -0.2) is 0 Å². The summed E-state index contributed by atoms with van der Waals surface area (Å²) in [6.45, 7) is 6.16. The summed E-state index contributed by atoms with van der Waals surface area (Å²) >= 11 is 0. The number of nitriles is 1. The largest absolute Gasteiger partial charge is 0.478 e. The van der Waals surface area contributed by atoms with Crippen molar-refractivity contribution in [3.63, 3.8) is 0 Å². The maximum Gasteiger partial charge on any atom is 0.174 e. The van der Waals surface area contributed by atoms with Crippen LogP contribution in [0.3, 0.4) is 0 Å². The number of fused-ring (bicyclic) bond motifs is 1. The molecule has 3 nitrogen and oxygen atoms in total. The van der Waals surface area contributed by atoms with Crippen molar-refractivity contribution in [1.82, 2.24) is 5.32 Å². The average Bonchev–Trinajstić information content (AvgIpc) is 2.45. The zero-order valence-corrected chi connectivity index (χ0v) is 12.0. The Bertz CT molecular complexity index is 614. The van der Waals surface area contributed by atoms with Gasteiger partial charge in [0, 0.05) is 12.1 Å². The van der Waals surface area contributed by atoms with Crippen LogP contribution in [0.15, 0.2) is 36.4 Å². The zero-order valence-electron chi connectivity index (χ0n) is 12.0. The summed E-state index contributed by atoms with van der Waals surface area (Å²) in [6.07, 6.45) is 0. The van der Waals surface area contributed by atoms with Gasteiger partial charge >= 0.3 is 0 Å². The molecule has 0 saturated carbocycles. The van der Waals surface area contributed by atoms with E-state index in [4.69, 9.17) is 10.00 Å². The number of hydrogen-bond donors (Lipinski definition) is 1. The van der Waals surface area contributed by atoms with Crippen molar-refractivity contribution < 1.29 is 4.74 Å². The lowest BCUT2D eigenvalue weighted by Crippen LogP contribution is -2.19. The Morgan fingerprint density at radius 2 is 2.00 bits per heavy atom. The van der Waals surface area contributed by atoms with Crippen LogP contribution in [-0.2, 0) is 6.54 Å². The minimum absolute atomic E-state index is 0.0789. The van der Waals surface area contributed by atoms with E-state index in [1.165, 1.54) is 10.8 Å². The topological polar surface area (TPSA) is 45.0 Å². The van der Waals surface area contributed by atoms with Crippen LogP contribution in [0, 0.1) is 17.2 Å². The van der Waals surface area contributed by atoms with Crippen LogP contribution < -0.4 is 10.1 Å². The highest BCUT2D eigenvalue weighted by molar-refractivity contribution is 5.87. The molecule has 3 heteroatoms. The van der Waals surface area contributed by atoms with Gasteiger partial charge in [-0.2, -0.15) is 5.26 Å². The number of ether oxygens (including phenoxy) is 1. The SMILES string of the molecule is CC(C)CNCc1c(OCC#N)ccc2ccccc12. The molecule has 0 aliphatic heterocycles. The first-order valence-corrected chi connectivity index (χ1v) is 6.93. The minimum Gasteiger partial charge on any atom is -0.478 e. The van der Waals surface area contributed by atoms with Crippen LogP contribution in [-0.4, -0.2) is 13.2 Å². The molecule has 104 valence electrons. The highest BCUT2D eigenvalue weighted by Crippen LogP contribution is 2.28. The van der Waals surface area contributed by atoms with Crippen molar-refractivity contribution in [1.29, 1.82) is 5.26 Å². The summed E-state index contributed by atoms with van der Waals surface area (Å²) in [4.78, 5) is 0. The fourth-order valence-corrected chi connectivity index (χ4v) is 2.23. The smallest absolute Gasteiger partial charge is 0.174 e. The van der Waals surface area contributed by atoms with E-state index >= 15 is 0 Å². The van der Waals surface area contributed by atoms with E-state index in [2.05, 4.69) is 31.3 Å². The fraction of sp³-hybridized carbons (Fsp3) is 0.353. The molecule has 0 unspecified atom stereocenters. The van der Waals surface area contributed by atoms with Gasteiger partial charge in [-0.05, 0) is 29.3 Å². The Hall–Kier alpha value is -2.05. The van der Waals surface area contributed by atoms with Gasteiger partial charge in [0.15, 0.2) is 6.61 Å². The normalized spacial score (nSPS) is 10.7. The second-order valence-corrected chi connectivity index (χ2v) is 5.23. The van der Waals surface area contributed by atoms with Crippen molar-refractivity contribution in [3.05, 3.63) is 42.0 Å². The molecule has 0 saturated heterocycles. The number of nitrogens with one attached hydrogen (secondary N) is 1. The number of rotatable bonds is 6. The molecule has 0 fully saturated rings. The number of benzene rings is 2. The van der Waals surface area contributed by atoms with E-state index in [1.54, 1.807) is 0 Å². The summed E-state index contributed by atoms with van der Waals surface area (Å²) in [5.74, 6) is 1.40. The van der Waals surface area contributed by atoms with Crippen LogP contribution in [0.25, 0.3) is 10.8 Å². The molecule has 2 aromatic carbocycles. The van der Waals surface area contributed by atoms with Gasteiger partial charge < -0.3 is 10.1 Å². The van der Waals surface area contributed by atoms with Crippen molar-refractivity contribution in [3.8, 4) is 11.8 Å². The Labute approximate surface area is 120 Å². The summed E-state index contributed by atoms with van der Waals surface area (Å²) in [6, 6.07) is 14.3. The molecule has 20 heavy (non-hydrogen) atoms. The van der Waals surface area contributed by atoms with E-state index in [0.717, 1.165) is 24.4 Å². The highest BCUT2D eigenvalue weighted by Gasteiger charge is 2.08. The lowest BCUT2D eigenvalue weighted by atomic mass is 10.0. The first-order valence-electron chi connectivity index (χ1n) is 6.93. The number of hydrogen-bond acceptors (Lipinski definition) is 3. The molecular weight excluding hydrogens is 248 g/mol. The monoisotopic (exact) mass is 268 g/mol. The van der Waals surface area contributed by atoms with Crippen molar-refractivity contribution >= 4 is 10.8 Å². The second kappa shape index (κ2) is 6.93. The Balaban J connectivity index is 2.31. The first kappa shape index (κ1) is 14.4. The predicted molar refractivity (Wildman–Crippen MR) is 81.6 cm³/mol. The van der Waals surface area contributed by atoms with Crippen molar-refractivity contribution in [2.45, 2.75) is 20.4 Å². The average molecular weight is 268 g/mol. The van der Waals surface area contributed by atoms with E-state index in [9.17, 15) is 0 Å². The Morgan fingerprint density at radius 3 is 2.75 bits per heavy atom. The molecule has 2 aromatic rings.